The van der Waals surface area contributed by atoms with Gasteiger partial charge in [0.2, 0.25) is 0 Å². The van der Waals surface area contributed by atoms with Crippen molar-refractivity contribution in [1.82, 2.24) is 9.78 Å². The van der Waals surface area contributed by atoms with Crippen LogP contribution < -0.4 is 5.32 Å². The molecule has 0 radical (unpaired) electrons. The first-order valence-corrected chi connectivity index (χ1v) is 8.16. The van der Waals surface area contributed by atoms with Crippen molar-refractivity contribution in [3.05, 3.63) is 59.0 Å². The van der Waals surface area contributed by atoms with Gasteiger partial charge in [0.15, 0.2) is 0 Å². The lowest BCUT2D eigenvalue weighted by Crippen LogP contribution is -2.16. The first-order chi connectivity index (χ1) is 11.2. The van der Waals surface area contributed by atoms with Crippen molar-refractivity contribution >= 4 is 23.1 Å². The Balaban J connectivity index is 1.88. The Kier molecular flexibility index (Phi) is 4.55. The number of aromatic nitrogens is 2. The SMILES string of the molecule is Cc1cccc(C(=O)Nc2cc(-c3cccs3)nn2CCO)c1. The third-order valence-corrected chi connectivity index (χ3v) is 4.28. The zero-order chi connectivity index (χ0) is 16.2. The van der Waals surface area contributed by atoms with Gasteiger partial charge in [-0.05, 0) is 30.5 Å². The van der Waals surface area contributed by atoms with E-state index in [1.165, 1.54) is 0 Å². The summed E-state index contributed by atoms with van der Waals surface area (Å²) in [4.78, 5) is 13.4. The zero-order valence-corrected chi connectivity index (χ0v) is 13.5. The lowest BCUT2D eigenvalue weighted by molar-refractivity contribution is 0.102. The fourth-order valence-corrected chi connectivity index (χ4v) is 2.98. The molecule has 3 aromatic rings. The van der Waals surface area contributed by atoms with Crippen LogP contribution in [0.1, 0.15) is 15.9 Å². The number of aliphatic hydroxyl groups is 1. The number of thiophene rings is 1. The van der Waals surface area contributed by atoms with Gasteiger partial charge in [0.25, 0.3) is 5.91 Å². The van der Waals surface area contributed by atoms with E-state index >= 15 is 0 Å². The van der Waals surface area contributed by atoms with E-state index in [9.17, 15) is 9.90 Å². The van der Waals surface area contributed by atoms with E-state index in [4.69, 9.17) is 0 Å². The molecule has 6 heteroatoms. The molecule has 1 aromatic carbocycles. The molecule has 23 heavy (non-hydrogen) atoms. The fourth-order valence-electron chi connectivity index (χ4n) is 2.30. The molecule has 0 saturated carbocycles. The van der Waals surface area contributed by atoms with Crippen molar-refractivity contribution in [2.45, 2.75) is 13.5 Å². The van der Waals surface area contributed by atoms with Crippen molar-refractivity contribution in [3.8, 4) is 10.6 Å². The number of hydrogen-bond acceptors (Lipinski definition) is 4. The van der Waals surface area contributed by atoms with Gasteiger partial charge in [0.1, 0.15) is 11.5 Å². The summed E-state index contributed by atoms with van der Waals surface area (Å²) in [6.07, 6.45) is 0. The standard InChI is InChI=1S/C17H17N3O2S/c1-12-4-2-5-13(10-12)17(22)18-16-11-14(15-6-3-9-23-15)19-20(16)7-8-21/h2-6,9-11,21H,7-8H2,1H3,(H,18,22). The minimum absolute atomic E-state index is 0.0428. The van der Waals surface area contributed by atoms with Crippen LogP contribution in [-0.2, 0) is 6.54 Å². The van der Waals surface area contributed by atoms with Crippen LogP contribution in [0.5, 0.6) is 0 Å². The highest BCUT2D eigenvalue weighted by molar-refractivity contribution is 7.13. The Bertz CT molecular complexity index is 809. The summed E-state index contributed by atoms with van der Waals surface area (Å²) < 4.78 is 1.61. The summed E-state index contributed by atoms with van der Waals surface area (Å²) >= 11 is 1.58. The van der Waals surface area contributed by atoms with Gasteiger partial charge in [-0.3, -0.25) is 4.79 Å². The van der Waals surface area contributed by atoms with E-state index < -0.39 is 0 Å². The number of anilines is 1. The quantitative estimate of drug-likeness (QED) is 0.756. The van der Waals surface area contributed by atoms with Crippen LogP contribution in [-0.4, -0.2) is 27.4 Å². The number of carbonyl (C=O) groups excluding carboxylic acids is 1. The largest absolute Gasteiger partial charge is 0.394 e. The first-order valence-electron chi connectivity index (χ1n) is 7.28. The van der Waals surface area contributed by atoms with Gasteiger partial charge in [-0.1, -0.05) is 23.8 Å². The molecular formula is C17H17N3O2S. The number of aryl methyl sites for hydroxylation is 1. The lowest BCUT2D eigenvalue weighted by Gasteiger charge is -2.08. The maximum atomic E-state index is 12.4. The van der Waals surface area contributed by atoms with E-state index in [1.54, 1.807) is 22.1 Å². The second-order valence-corrected chi connectivity index (χ2v) is 6.11. The topological polar surface area (TPSA) is 67.2 Å². The molecule has 0 aliphatic heterocycles. The Hall–Kier alpha value is -2.44. The number of rotatable bonds is 5. The first kappa shape index (κ1) is 15.5. The summed E-state index contributed by atoms with van der Waals surface area (Å²) in [7, 11) is 0. The van der Waals surface area contributed by atoms with Crippen LogP contribution in [0.3, 0.4) is 0 Å². The molecule has 3 rings (SSSR count). The molecular weight excluding hydrogens is 310 g/mol. The summed E-state index contributed by atoms with van der Waals surface area (Å²) in [6, 6.07) is 13.2. The molecule has 0 aliphatic rings. The molecule has 1 amide bonds. The summed E-state index contributed by atoms with van der Waals surface area (Å²) in [5.41, 5.74) is 2.41. The molecule has 0 bridgehead atoms. The van der Waals surface area contributed by atoms with E-state index in [0.717, 1.165) is 16.1 Å². The Morgan fingerprint density at radius 1 is 1.30 bits per heavy atom. The Morgan fingerprint density at radius 3 is 2.87 bits per heavy atom. The van der Waals surface area contributed by atoms with E-state index in [-0.39, 0.29) is 12.5 Å². The molecule has 0 unspecified atom stereocenters. The maximum Gasteiger partial charge on any atom is 0.256 e. The second-order valence-electron chi connectivity index (χ2n) is 5.16. The highest BCUT2D eigenvalue weighted by atomic mass is 32.1. The molecule has 0 saturated heterocycles. The number of aliphatic hydroxyl groups excluding tert-OH is 1. The number of amides is 1. The summed E-state index contributed by atoms with van der Waals surface area (Å²) in [6.45, 7) is 2.23. The predicted molar refractivity (Wildman–Crippen MR) is 91.8 cm³/mol. The predicted octanol–water partition coefficient (Wildman–Crippen LogP) is 3.16. The molecule has 5 nitrogen and oxygen atoms in total. The van der Waals surface area contributed by atoms with E-state index in [2.05, 4.69) is 10.4 Å². The minimum atomic E-state index is -0.189. The van der Waals surface area contributed by atoms with Crippen molar-refractivity contribution in [1.29, 1.82) is 0 Å². The molecule has 0 aliphatic carbocycles. The molecule has 2 aromatic heterocycles. The van der Waals surface area contributed by atoms with E-state index in [1.807, 2.05) is 48.7 Å². The van der Waals surface area contributed by atoms with Crippen LogP contribution in [0.15, 0.2) is 47.8 Å². The van der Waals surface area contributed by atoms with Gasteiger partial charge in [-0.2, -0.15) is 5.10 Å². The van der Waals surface area contributed by atoms with Crippen molar-refractivity contribution in [2.24, 2.45) is 0 Å². The van der Waals surface area contributed by atoms with Gasteiger partial charge in [-0.25, -0.2) is 4.68 Å². The smallest absolute Gasteiger partial charge is 0.256 e. The molecule has 0 atom stereocenters. The van der Waals surface area contributed by atoms with Crippen molar-refractivity contribution in [2.75, 3.05) is 11.9 Å². The van der Waals surface area contributed by atoms with Crippen LogP contribution in [0, 0.1) is 6.92 Å². The lowest BCUT2D eigenvalue weighted by atomic mass is 10.1. The third-order valence-electron chi connectivity index (χ3n) is 3.39. The van der Waals surface area contributed by atoms with E-state index in [0.29, 0.717) is 17.9 Å². The van der Waals surface area contributed by atoms with Gasteiger partial charge in [0.05, 0.1) is 18.0 Å². The van der Waals surface area contributed by atoms with Crippen molar-refractivity contribution < 1.29 is 9.90 Å². The van der Waals surface area contributed by atoms with Gasteiger partial charge < -0.3 is 10.4 Å². The van der Waals surface area contributed by atoms with Gasteiger partial charge >= 0.3 is 0 Å². The molecule has 118 valence electrons. The molecule has 0 spiro atoms. The average molecular weight is 327 g/mol. The molecule has 2 heterocycles. The molecule has 0 fully saturated rings. The summed E-state index contributed by atoms with van der Waals surface area (Å²) in [5, 5.41) is 18.5. The van der Waals surface area contributed by atoms with Gasteiger partial charge in [-0.15, -0.1) is 11.3 Å². The van der Waals surface area contributed by atoms with Crippen LogP contribution >= 0.6 is 11.3 Å². The Labute approximate surface area is 138 Å². The summed E-state index contributed by atoms with van der Waals surface area (Å²) in [5.74, 6) is 0.388. The second kappa shape index (κ2) is 6.76. The molecule has 2 N–H and O–H groups in total. The van der Waals surface area contributed by atoms with Crippen LogP contribution in [0.2, 0.25) is 0 Å². The van der Waals surface area contributed by atoms with Crippen LogP contribution in [0.4, 0.5) is 5.82 Å². The number of nitrogens with zero attached hydrogens (tertiary/aromatic N) is 2. The monoisotopic (exact) mass is 327 g/mol. The maximum absolute atomic E-state index is 12.4. The van der Waals surface area contributed by atoms with Crippen LogP contribution in [0.25, 0.3) is 10.6 Å². The average Bonchev–Trinajstić information content (AvgIpc) is 3.18. The fraction of sp³-hybridized carbons (Fsp3) is 0.176. The van der Waals surface area contributed by atoms with Crippen molar-refractivity contribution in [3.63, 3.8) is 0 Å². The third kappa shape index (κ3) is 3.49. The number of carbonyl (C=O) groups is 1. The number of benzene rings is 1. The number of hydrogen-bond donors (Lipinski definition) is 2. The van der Waals surface area contributed by atoms with Gasteiger partial charge in [0, 0.05) is 11.6 Å². The highest BCUT2D eigenvalue weighted by Crippen LogP contribution is 2.26. The zero-order valence-electron chi connectivity index (χ0n) is 12.7. The normalized spacial score (nSPS) is 10.7. The Morgan fingerprint density at radius 2 is 2.17 bits per heavy atom. The minimum Gasteiger partial charge on any atom is -0.394 e. The number of nitrogens with one attached hydrogen (secondary N) is 1. The highest BCUT2D eigenvalue weighted by Gasteiger charge is 2.14.